The van der Waals surface area contributed by atoms with E-state index in [4.69, 9.17) is 14.0 Å². The molecule has 1 unspecified atom stereocenters. The number of methoxy groups -OCH3 is 2. The molecule has 1 fully saturated rings. The maximum atomic E-state index is 12.6. The van der Waals surface area contributed by atoms with Crippen LogP contribution in [0.2, 0.25) is 0 Å². The van der Waals surface area contributed by atoms with Crippen molar-refractivity contribution in [2.45, 2.75) is 38.6 Å². The molecular weight excluding hydrogens is 394 g/mol. The van der Waals surface area contributed by atoms with Crippen molar-refractivity contribution in [3.05, 3.63) is 59.4 Å². The average molecular weight is 421 g/mol. The first kappa shape index (κ1) is 20.9. The Kier molecular flexibility index (Phi) is 5.93. The van der Waals surface area contributed by atoms with E-state index >= 15 is 0 Å². The van der Waals surface area contributed by atoms with Crippen LogP contribution >= 0.6 is 0 Å². The molecule has 162 valence electrons. The van der Waals surface area contributed by atoms with Crippen molar-refractivity contribution in [2.75, 3.05) is 20.8 Å². The van der Waals surface area contributed by atoms with E-state index in [0.29, 0.717) is 54.2 Å². The van der Waals surface area contributed by atoms with E-state index in [9.17, 15) is 4.79 Å². The number of rotatable bonds is 7. The molecular formula is C24H27N3O4. The van der Waals surface area contributed by atoms with Crippen molar-refractivity contribution in [3.63, 3.8) is 0 Å². The molecule has 1 amide bonds. The summed E-state index contributed by atoms with van der Waals surface area (Å²) >= 11 is 0. The van der Waals surface area contributed by atoms with Gasteiger partial charge in [-0.3, -0.25) is 4.79 Å². The van der Waals surface area contributed by atoms with E-state index in [2.05, 4.69) is 48.3 Å². The first-order valence-corrected chi connectivity index (χ1v) is 10.4. The van der Waals surface area contributed by atoms with Crippen molar-refractivity contribution in [1.82, 2.24) is 15.0 Å². The summed E-state index contributed by atoms with van der Waals surface area (Å²) in [5, 5.41) is 4.15. The van der Waals surface area contributed by atoms with E-state index < -0.39 is 0 Å². The average Bonchev–Trinajstić information content (AvgIpc) is 3.41. The number of likely N-dealkylation sites (tertiary alicyclic amines) is 1. The van der Waals surface area contributed by atoms with Crippen LogP contribution in [-0.4, -0.2) is 41.7 Å². The van der Waals surface area contributed by atoms with E-state index in [-0.39, 0.29) is 11.8 Å². The number of carbonyl (C=O) groups is 1. The number of carbonyl (C=O) groups excluding carboxylic acids is 1. The van der Waals surface area contributed by atoms with Gasteiger partial charge in [0, 0.05) is 31.5 Å². The van der Waals surface area contributed by atoms with E-state index in [1.807, 2.05) is 17.0 Å². The number of hydrogen-bond acceptors (Lipinski definition) is 6. The maximum absolute atomic E-state index is 12.6. The predicted octanol–water partition coefficient (Wildman–Crippen LogP) is 4.39. The van der Waals surface area contributed by atoms with Gasteiger partial charge in [0.1, 0.15) is 11.5 Å². The minimum atomic E-state index is -0.0934. The van der Waals surface area contributed by atoms with Crippen LogP contribution in [0.3, 0.4) is 0 Å². The van der Waals surface area contributed by atoms with Crippen molar-refractivity contribution in [2.24, 2.45) is 0 Å². The SMILES string of the molecule is COc1ccc(-c2nc(C3CC(=O)N(Cc4ccc(C(C)C)cc4)C3)no2)c(OC)c1. The lowest BCUT2D eigenvalue weighted by molar-refractivity contribution is -0.128. The van der Waals surface area contributed by atoms with Crippen LogP contribution in [-0.2, 0) is 11.3 Å². The smallest absolute Gasteiger partial charge is 0.261 e. The van der Waals surface area contributed by atoms with Crippen LogP contribution in [0.15, 0.2) is 47.0 Å². The summed E-state index contributed by atoms with van der Waals surface area (Å²) < 4.78 is 16.2. The van der Waals surface area contributed by atoms with Crippen molar-refractivity contribution >= 4 is 5.91 Å². The number of ether oxygens (including phenoxy) is 2. The van der Waals surface area contributed by atoms with Gasteiger partial charge in [0.25, 0.3) is 5.89 Å². The second kappa shape index (κ2) is 8.79. The highest BCUT2D eigenvalue weighted by molar-refractivity contribution is 5.79. The molecule has 31 heavy (non-hydrogen) atoms. The molecule has 7 heteroatoms. The highest BCUT2D eigenvalue weighted by atomic mass is 16.5. The predicted molar refractivity (Wildman–Crippen MR) is 116 cm³/mol. The minimum absolute atomic E-state index is 0.0934. The summed E-state index contributed by atoms with van der Waals surface area (Å²) in [6.07, 6.45) is 0.378. The number of nitrogens with zero attached hydrogens (tertiary/aromatic N) is 3. The van der Waals surface area contributed by atoms with Crippen LogP contribution in [0.1, 0.15) is 49.1 Å². The molecule has 0 bridgehead atoms. The van der Waals surface area contributed by atoms with Crippen LogP contribution in [0.5, 0.6) is 11.5 Å². The normalized spacial score (nSPS) is 16.2. The van der Waals surface area contributed by atoms with Gasteiger partial charge in [-0.25, -0.2) is 0 Å². The Morgan fingerprint density at radius 2 is 1.90 bits per heavy atom. The molecule has 2 aromatic carbocycles. The second-order valence-corrected chi connectivity index (χ2v) is 8.10. The van der Waals surface area contributed by atoms with Crippen LogP contribution < -0.4 is 9.47 Å². The zero-order valence-corrected chi connectivity index (χ0v) is 18.3. The number of aromatic nitrogens is 2. The van der Waals surface area contributed by atoms with Crippen molar-refractivity contribution in [1.29, 1.82) is 0 Å². The van der Waals surface area contributed by atoms with Gasteiger partial charge in [0.2, 0.25) is 5.91 Å². The Morgan fingerprint density at radius 3 is 2.58 bits per heavy atom. The fourth-order valence-electron chi connectivity index (χ4n) is 3.81. The van der Waals surface area contributed by atoms with E-state index in [1.165, 1.54) is 5.56 Å². The van der Waals surface area contributed by atoms with Crippen LogP contribution in [0, 0.1) is 0 Å². The highest BCUT2D eigenvalue weighted by Crippen LogP contribution is 2.34. The summed E-state index contributed by atoms with van der Waals surface area (Å²) in [5.41, 5.74) is 3.10. The number of amides is 1. The summed E-state index contributed by atoms with van der Waals surface area (Å²) in [6, 6.07) is 13.9. The molecule has 4 rings (SSSR count). The maximum Gasteiger partial charge on any atom is 0.261 e. The zero-order chi connectivity index (χ0) is 22.0. The van der Waals surface area contributed by atoms with Gasteiger partial charge < -0.3 is 18.9 Å². The van der Waals surface area contributed by atoms with Gasteiger partial charge in [0.05, 0.1) is 19.8 Å². The lowest BCUT2D eigenvalue weighted by Crippen LogP contribution is -2.24. The van der Waals surface area contributed by atoms with Gasteiger partial charge in [-0.1, -0.05) is 43.3 Å². The second-order valence-electron chi connectivity index (χ2n) is 8.10. The van der Waals surface area contributed by atoms with Crippen molar-refractivity contribution < 1.29 is 18.8 Å². The van der Waals surface area contributed by atoms with Gasteiger partial charge >= 0.3 is 0 Å². The first-order valence-electron chi connectivity index (χ1n) is 10.4. The molecule has 1 saturated heterocycles. The molecule has 0 N–H and O–H groups in total. The Hall–Kier alpha value is -3.35. The Bertz CT molecular complexity index is 1060. The molecule has 1 aliphatic heterocycles. The Balaban J connectivity index is 1.47. The van der Waals surface area contributed by atoms with Gasteiger partial charge in [0.15, 0.2) is 5.82 Å². The fraction of sp³-hybridized carbons (Fsp3) is 0.375. The molecule has 0 spiro atoms. The molecule has 1 atom stereocenters. The number of hydrogen-bond donors (Lipinski definition) is 0. The Labute approximate surface area is 182 Å². The molecule has 0 saturated carbocycles. The molecule has 0 radical (unpaired) electrons. The third kappa shape index (κ3) is 4.40. The van der Waals surface area contributed by atoms with E-state index in [0.717, 1.165) is 5.56 Å². The molecule has 7 nitrogen and oxygen atoms in total. The number of benzene rings is 2. The monoisotopic (exact) mass is 421 g/mol. The topological polar surface area (TPSA) is 77.7 Å². The summed E-state index contributed by atoms with van der Waals surface area (Å²) in [5.74, 6) is 2.67. The quantitative estimate of drug-likeness (QED) is 0.563. The molecule has 2 heterocycles. The lowest BCUT2D eigenvalue weighted by atomic mass is 10.0. The third-order valence-electron chi connectivity index (χ3n) is 5.68. The minimum Gasteiger partial charge on any atom is -0.497 e. The van der Waals surface area contributed by atoms with Crippen LogP contribution in [0.4, 0.5) is 0 Å². The lowest BCUT2D eigenvalue weighted by Gasteiger charge is -2.16. The highest BCUT2D eigenvalue weighted by Gasteiger charge is 2.34. The summed E-state index contributed by atoms with van der Waals surface area (Å²) in [7, 11) is 3.18. The van der Waals surface area contributed by atoms with Gasteiger partial charge in [-0.15, -0.1) is 0 Å². The molecule has 0 aliphatic carbocycles. The molecule has 1 aliphatic rings. The van der Waals surface area contributed by atoms with Gasteiger partial charge in [-0.05, 0) is 29.2 Å². The summed E-state index contributed by atoms with van der Waals surface area (Å²) in [6.45, 7) is 5.50. The molecule has 3 aromatic rings. The fourth-order valence-corrected chi connectivity index (χ4v) is 3.81. The third-order valence-corrected chi connectivity index (χ3v) is 5.68. The van der Waals surface area contributed by atoms with Crippen molar-refractivity contribution in [3.8, 4) is 23.0 Å². The van der Waals surface area contributed by atoms with Crippen LogP contribution in [0.25, 0.3) is 11.5 Å². The first-order chi connectivity index (χ1) is 15.0. The molecule has 1 aromatic heterocycles. The Morgan fingerprint density at radius 1 is 1.13 bits per heavy atom. The van der Waals surface area contributed by atoms with E-state index in [1.54, 1.807) is 20.3 Å². The van der Waals surface area contributed by atoms with Gasteiger partial charge in [-0.2, -0.15) is 4.98 Å². The standard InChI is InChI=1S/C24H27N3O4/c1-15(2)17-7-5-16(6-8-17)13-27-14-18(11-22(27)28)23-25-24(31-26-23)20-10-9-19(29-3)12-21(20)30-4/h5-10,12,15,18H,11,13-14H2,1-4H3. The largest absolute Gasteiger partial charge is 0.497 e. The zero-order valence-electron chi connectivity index (χ0n) is 18.3. The summed E-state index contributed by atoms with van der Waals surface area (Å²) in [4.78, 5) is 19.0.